The van der Waals surface area contributed by atoms with Crippen LogP contribution >= 0.6 is 12.4 Å². The molecule has 3 N–H and O–H groups in total. The molecule has 1 aromatic carbocycles. The lowest BCUT2D eigenvalue weighted by Gasteiger charge is -2.19. The van der Waals surface area contributed by atoms with Crippen molar-refractivity contribution in [2.45, 2.75) is 25.6 Å². The Morgan fingerprint density at radius 2 is 2.00 bits per heavy atom. The second-order valence-electron chi connectivity index (χ2n) is 4.66. The van der Waals surface area contributed by atoms with Gasteiger partial charge in [0.2, 0.25) is 0 Å². The van der Waals surface area contributed by atoms with Crippen LogP contribution in [-0.2, 0) is 6.18 Å². The van der Waals surface area contributed by atoms with Crippen molar-refractivity contribution in [2.24, 2.45) is 0 Å². The smallest absolute Gasteiger partial charge is 0.398 e. The molecule has 0 aliphatic heterocycles. The van der Waals surface area contributed by atoms with Gasteiger partial charge in [-0.1, -0.05) is 0 Å². The molecule has 0 saturated carbocycles. The maximum Gasteiger partial charge on any atom is 0.416 e. The third-order valence-corrected chi connectivity index (χ3v) is 2.84. The van der Waals surface area contributed by atoms with Crippen LogP contribution in [0.3, 0.4) is 0 Å². The van der Waals surface area contributed by atoms with Gasteiger partial charge in [0.05, 0.1) is 17.2 Å². The number of nitrogens with two attached hydrogens (primary N) is 1. The number of halogens is 4. The van der Waals surface area contributed by atoms with Crippen molar-refractivity contribution >= 4 is 24.0 Å². The Bertz CT molecular complexity index is 493. The fourth-order valence-electron chi connectivity index (χ4n) is 1.61. The highest BCUT2D eigenvalue weighted by atomic mass is 35.5. The molecule has 1 aromatic rings. The number of rotatable bonds is 4. The molecule has 1 rings (SSSR count). The van der Waals surface area contributed by atoms with Crippen LogP contribution < -0.4 is 5.73 Å². The molecular formula is C13H18ClF3N2O2. The van der Waals surface area contributed by atoms with E-state index in [0.717, 1.165) is 18.2 Å². The minimum absolute atomic E-state index is 0. The average Bonchev–Trinajstić information content (AvgIpc) is 2.34. The number of hydrogen-bond donors (Lipinski definition) is 2. The predicted octanol–water partition coefficient (Wildman–Crippen LogP) is 2.55. The molecule has 0 aliphatic carbocycles. The number of nitrogen functional groups attached to an aromatic ring is 1. The van der Waals surface area contributed by atoms with E-state index in [0.29, 0.717) is 6.42 Å². The first kappa shape index (κ1) is 19.5. The van der Waals surface area contributed by atoms with Crippen molar-refractivity contribution in [2.75, 3.05) is 19.3 Å². The quantitative estimate of drug-likeness (QED) is 0.836. The van der Waals surface area contributed by atoms with Crippen LogP contribution in [0.15, 0.2) is 18.2 Å². The summed E-state index contributed by atoms with van der Waals surface area (Å²) in [6, 6.07) is 2.65. The van der Waals surface area contributed by atoms with Crippen molar-refractivity contribution < 1.29 is 23.1 Å². The van der Waals surface area contributed by atoms with Gasteiger partial charge in [0.15, 0.2) is 0 Å². The zero-order valence-corrected chi connectivity index (χ0v) is 12.5. The molecule has 1 atom stereocenters. The van der Waals surface area contributed by atoms with Gasteiger partial charge in [-0.15, -0.1) is 12.4 Å². The summed E-state index contributed by atoms with van der Waals surface area (Å²) >= 11 is 0. The Labute approximate surface area is 127 Å². The van der Waals surface area contributed by atoms with Gasteiger partial charge in [-0.05, 0) is 31.5 Å². The highest BCUT2D eigenvalue weighted by molar-refractivity contribution is 5.99. The van der Waals surface area contributed by atoms with Gasteiger partial charge >= 0.3 is 6.18 Å². The molecule has 1 amide bonds. The van der Waals surface area contributed by atoms with Crippen LogP contribution in [0.4, 0.5) is 18.9 Å². The van der Waals surface area contributed by atoms with Crippen LogP contribution in [0.5, 0.6) is 0 Å². The highest BCUT2D eigenvalue weighted by Crippen LogP contribution is 2.31. The lowest BCUT2D eigenvalue weighted by Crippen LogP contribution is -2.30. The number of hydrogen-bond acceptors (Lipinski definition) is 3. The fraction of sp³-hybridized carbons (Fsp3) is 0.462. The molecule has 21 heavy (non-hydrogen) atoms. The van der Waals surface area contributed by atoms with Crippen molar-refractivity contribution in [1.29, 1.82) is 0 Å². The van der Waals surface area contributed by atoms with Gasteiger partial charge in [0, 0.05) is 19.3 Å². The molecule has 0 fully saturated rings. The average molecular weight is 327 g/mol. The minimum atomic E-state index is -4.53. The molecular weight excluding hydrogens is 309 g/mol. The summed E-state index contributed by atoms with van der Waals surface area (Å²) in [7, 11) is 1.45. The molecule has 0 radical (unpaired) electrons. The second kappa shape index (κ2) is 7.51. The van der Waals surface area contributed by atoms with Gasteiger partial charge in [0.1, 0.15) is 0 Å². The summed E-state index contributed by atoms with van der Waals surface area (Å²) in [6.07, 6.45) is -4.79. The third kappa shape index (κ3) is 5.43. The Kier molecular flexibility index (Phi) is 6.99. The number of amides is 1. The first-order valence-electron chi connectivity index (χ1n) is 6.03. The number of anilines is 1. The molecule has 0 bridgehead atoms. The number of nitrogens with zero attached hydrogens (tertiary/aromatic N) is 1. The van der Waals surface area contributed by atoms with Gasteiger partial charge in [-0.2, -0.15) is 13.2 Å². The third-order valence-electron chi connectivity index (χ3n) is 2.84. The zero-order valence-electron chi connectivity index (χ0n) is 11.6. The van der Waals surface area contributed by atoms with Crippen LogP contribution in [0, 0.1) is 0 Å². The summed E-state index contributed by atoms with van der Waals surface area (Å²) < 4.78 is 37.9. The van der Waals surface area contributed by atoms with Crippen LogP contribution in [0.25, 0.3) is 0 Å². The largest absolute Gasteiger partial charge is 0.416 e. The number of aliphatic hydroxyl groups is 1. The maximum atomic E-state index is 12.6. The molecule has 0 heterocycles. The van der Waals surface area contributed by atoms with Crippen molar-refractivity contribution in [3.05, 3.63) is 29.3 Å². The van der Waals surface area contributed by atoms with Gasteiger partial charge in [-0.3, -0.25) is 4.79 Å². The second-order valence-corrected chi connectivity index (χ2v) is 4.66. The molecule has 120 valence electrons. The molecule has 0 aliphatic rings. The van der Waals surface area contributed by atoms with Gasteiger partial charge in [0.25, 0.3) is 5.91 Å². The van der Waals surface area contributed by atoms with E-state index in [2.05, 4.69) is 0 Å². The van der Waals surface area contributed by atoms with E-state index in [4.69, 9.17) is 10.8 Å². The van der Waals surface area contributed by atoms with E-state index in [1.165, 1.54) is 11.9 Å². The fourth-order valence-corrected chi connectivity index (χ4v) is 1.61. The summed E-state index contributed by atoms with van der Waals surface area (Å²) in [5.74, 6) is -0.603. The summed E-state index contributed by atoms with van der Waals surface area (Å²) in [4.78, 5) is 13.3. The number of aliphatic hydroxyl groups excluding tert-OH is 1. The molecule has 0 spiro atoms. The monoisotopic (exact) mass is 326 g/mol. The Hall–Kier alpha value is -1.47. The number of alkyl halides is 3. The Morgan fingerprint density at radius 3 is 2.48 bits per heavy atom. The predicted molar refractivity (Wildman–Crippen MR) is 76.4 cm³/mol. The minimum Gasteiger partial charge on any atom is -0.398 e. The van der Waals surface area contributed by atoms with E-state index in [1.807, 2.05) is 0 Å². The van der Waals surface area contributed by atoms with E-state index < -0.39 is 23.8 Å². The Balaban J connectivity index is 0.00000400. The van der Waals surface area contributed by atoms with E-state index in [-0.39, 0.29) is 30.2 Å². The van der Waals surface area contributed by atoms with E-state index >= 15 is 0 Å². The van der Waals surface area contributed by atoms with Gasteiger partial charge < -0.3 is 15.7 Å². The van der Waals surface area contributed by atoms with E-state index in [1.54, 1.807) is 6.92 Å². The van der Waals surface area contributed by atoms with Crippen LogP contribution in [0.2, 0.25) is 0 Å². The normalized spacial score (nSPS) is 12.5. The number of carbonyl (C=O) groups excluding carboxylic acids is 1. The molecule has 4 nitrogen and oxygen atoms in total. The maximum absolute atomic E-state index is 12.6. The number of benzene rings is 1. The molecule has 8 heteroatoms. The van der Waals surface area contributed by atoms with Crippen LogP contribution in [-0.4, -0.2) is 35.6 Å². The lowest BCUT2D eigenvalue weighted by atomic mass is 10.1. The highest BCUT2D eigenvalue weighted by Gasteiger charge is 2.31. The SMILES string of the molecule is CC(O)CCN(C)C(=O)c1cc(C(F)(F)F)ccc1N.Cl. The summed E-state index contributed by atoms with van der Waals surface area (Å²) in [5, 5.41) is 9.15. The topological polar surface area (TPSA) is 66.6 Å². The molecule has 0 saturated heterocycles. The first-order chi connectivity index (χ1) is 9.12. The standard InChI is InChI=1S/C13H17F3N2O2.ClH/c1-8(19)5-6-18(2)12(20)10-7-9(13(14,15)16)3-4-11(10)17;/h3-4,7-8,19H,5-6,17H2,1-2H3;1H. The summed E-state index contributed by atoms with van der Waals surface area (Å²) in [6.45, 7) is 1.79. The first-order valence-corrected chi connectivity index (χ1v) is 6.03. The van der Waals surface area contributed by atoms with Gasteiger partial charge in [-0.25, -0.2) is 0 Å². The van der Waals surface area contributed by atoms with E-state index in [9.17, 15) is 18.0 Å². The Morgan fingerprint density at radius 1 is 1.43 bits per heavy atom. The van der Waals surface area contributed by atoms with Crippen molar-refractivity contribution in [3.8, 4) is 0 Å². The molecule has 0 aromatic heterocycles. The van der Waals surface area contributed by atoms with Crippen molar-refractivity contribution in [1.82, 2.24) is 4.90 Å². The lowest BCUT2D eigenvalue weighted by molar-refractivity contribution is -0.137. The van der Waals surface area contributed by atoms with Crippen molar-refractivity contribution in [3.63, 3.8) is 0 Å². The van der Waals surface area contributed by atoms with Crippen LogP contribution in [0.1, 0.15) is 29.3 Å². The zero-order chi connectivity index (χ0) is 15.5. The number of carbonyl (C=O) groups is 1. The molecule has 1 unspecified atom stereocenters. The summed E-state index contributed by atoms with van der Waals surface area (Å²) in [5.41, 5.74) is 4.45.